The molecule has 0 saturated heterocycles. The van der Waals surface area contributed by atoms with Crippen molar-refractivity contribution in [3.05, 3.63) is 28.5 Å². The maximum atomic E-state index is 12.9. The van der Waals surface area contributed by atoms with Gasteiger partial charge in [0.1, 0.15) is 11.6 Å². The molecule has 1 fully saturated rings. The van der Waals surface area contributed by atoms with Gasteiger partial charge in [0.05, 0.1) is 4.47 Å². The van der Waals surface area contributed by atoms with Crippen molar-refractivity contribution in [2.45, 2.75) is 25.8 Å². The molecule has 1 amide bonds. The third-order valence-electron chi connectivity index (χ3n) is 3.32. The van der Waals surface area contributed by atoms with Gasteiger partial charge in [-0.15, -0.1) is 0 Å². The highest BCUT2D eigenvalue weighted by Crippen LogP contribution is 2.32. The van der Waals surface area contributed by atoms with Crippen LogP contribution in [0.4, 0.5) is 4.39 Å². The molecule has 0 aliphatic heterocycles. The quantitative estimate of drug-likeness (QED) is 0.745. The molecule has 5 nitrogen and oxygen atoms in total. The Morgan fingerprint density at radius 2 is 2.14 bits per heavy atom. The molecule has 1 N–H and O–H groups in total. The molecule has 0 bridgehead atoms. The first kappa shape index (κ1) is 16.7. The lowest BCUT2D eigenvalue weighted by atomic mass is 10.2. The van der Waals surface area contributed by atoms with E-state index in [1.165, 1.54) is 18.2 Å². The zero-order valence-corrected chi connectivity index (χ0v) is 13.7. The lowest BCUT2D eigenvalue weighted by Crippen LogP contribution is -2.37. The SMILES string of the molecule is C[C@H](NC(=O)COC(=O)COc1ccc(F)cc1Br)C1CC1. The summed E-state index contributed by atoms with van der Waals surface area (Å²) in [5.74, 6) is -0.534. The Kier molecular flexibility index (Phi) is 5.76. The number of benzene rings is 1. The van der Waals surface area contributed by atoms with Gasteiger partial charge in [-0.25, -0.2) is 9.18 Å². The fourth-order valence-electron chi connectivity index (χ4n) is 1.93. The molecule has 1 aromatic rings. The third-order valence-corrected chi connectivity index (χ3v) is 3.94. The minimum atomic E-state index is -0.662. The maximum Gasteiger partial charge on any atom is 0.344 e. The van der Waals surface area contributed by atoms with E-state index in [1.807, 2.05) is 6.92 Å². The number of ether oxygens (including phenoxy) is 2. The Bertz CT molecular complexity index is 562. The van der Waals surface area contributed by atoms with E-state index in [2.05, 4.69) is 21.2 Å². The highest BCUT2D eigenvalue weighted by atomic mass is 79.9. The number of hydrogen-bond acceptors (Lipinski definition) is 4. The molecule has 0 spiro atoms. The van der Waals surface area contributed by atoms with Crippen LogP contribution in [0.2, 0.25) is 0 Å². The average Bonchev–Trinajstić information content (AvgIpc) is 3.28. The van der Waals surface area contributed by atoms with Crippen LogP contribution in [0.15, 0.2) is 22.7 Å². The monoisotopic (exact) mass is 373 g/mol. The van der Waals surface area contributed by atoms with Crippen molar-refractivity contribution in [1.82, 2.24) is 5.32 Å². The first-order valence-electron chi connectivity index (χ1n) is 6.98. The van der Waals surface area contributed by atoms with Gasteiger partial charge in [-0.2, -0.15) is 0 Å². The molecule has 0 aromatic heterocycles. The van der Waals surface area contributed by atoms with Crippen LogP contribution < -0.4 is 10.1 Å². The fourth-order valence-corrected chi connectivity index (χ4v) is 2.39. The van der Waals surface area contributed by atoms with Crippen LogP contribution in [0.3, 0.4) is 0 Å². The van der Waals surface area contributed by atoms with Gasteiger partial charge < -0.3 is 14.8 Å². The fraction of sp³-hybridized carbons (Fsp3) is 0.467. The van der Waals surface area contributed by atoms with Crippen molar-refractivity contribution in [1.29, 1.82) is 0 Å². The number of hydrogen-bond donors (Lipinski definition) is 1. The Balaban J connectivity index is 1.67. The summed E-state index contributed by atoms with van der Waals surface area (Å²) in [6.45, 7) is 1.26. The Morgan fingerprint density at radius 1 is 1.41 bits per heavy atom. The Morgan fingerprint density at radius 3 is 2.77 bits per heavy atom. The van der Waals surface area contributed by atoms with Gasteiger partial charge in [-0.3, -0.25) is 4.79 Å². The number of halogens is 2. The standard InChI is InChI=1S/C15H17BrFNO4/c1-9(10-2-3-10)18-14(19)7-22-15(20)8-21-13-5-4-11(17)6-12(13)16/h4-6,9-10H,2-3,7-8H2,1H3,(H,18,19)/t9-/m0/s1. The first-order chi connectivity index (χ1) is 10.5. The number of carbonyl (C=O) groups is 2. The number of nitrogens with one attached hydrogen (secondary N) is 1. The Hall–Kier alpha value is -1.63. The van der Waals surface area contributed by atoms with E-state index in [9.17, 15) is 14.0 Å². The highest BCUT2D eigenvalue weighted by Gasteiger charge is 2.28. The van der Waals surface area contributed by atoms with Gasteiger partial charge in [0.2, 0.25) is 0 Å². The molecule has 1 aromatic carbocycles. The zero-order valence-electron chi connectivity index (χ0n) is 12.1. The molecule has 1 aliphatic carbocycles. The van der Waals surface area contributed by atoms with Gasteiger partial charge in [0.25, 0.3) is 5.91 Å². The minimum Gasteiger partial charge on any atom is -0.481 e. The van der Waals surface area contributed by atoms with E-state index in [-0.39, 0.29) is 25.2 Å². The molecule has 7 heteroatoms. The van der Waals surface area contributed by atoms with Crippen LogP contribution in [-0.2, 0) is 14.3 Å². The third kappa shape index (κ3) is 5.29. The van der Waals surface area contributed by atoms with Gasteiger partial charge in [-0.05, 0) is 59.8 Å². The summed E-state index contributed by atoms with van der Waals surface area (Å²) in [5.41, 5.74) is 0. The Labute approximate surface area is 136 Å². The summed E-state index contributed by atoms with van der Waals surface area (Å²) < 4.78 is 23.3. The smallest absolute Gasteiger partial charge is 0.344 e. The second-order valence-corrected chi connectivity index (χ2v) is 6.07. The number of esters is 1. The normalized spacial score (nSPS) is 15.0. The van der Waals surface area contributed by atoms with Crippen LogP contribution in [-0.4, -0.2) is 31.1 Å². The van der Waals surface area contributed by atoms with Crippen molar-refractivity contribution in [3.63, 3.8) is 0 Å². The predicted octanol–water partition coefficient (Wildman–Crippen LogP) is 2.42. The second-order valence-electron chi connectivity index (χ2n) is 5.22. The number of rotatable bonds is 7. The summed E-state index contributed by atoms with van der Waals surface area (Å²) in [6.07, 6.45) is 2.25. The lowest BCUT2D eigenvalue weighted by molar-refractivity contribution is -0.150. The predicted molar refractivity (Wildman–Crippen MR) is 80.9 cm³/mol. The van der Waals surface area contributed by atoms with Crippen molar-refractivity contribution >= 4 is 27.8 Å². The molecule has 120 valence electrons. The summed E-state index contributed by atoms with van der Waals surface area (Å²) in [5, 5.41) is 2.78. The van der Waals surface area contributed by atoms with Crippen molar-refractivity contribution in [3.8, 4) is 5.75 Å². The number of amides is 1. The average molecular weight is 374 g/mol. The molecule has 0 unspecified atom stereocenters. The van der Waals surface area contributed by atoms with Gasteiger partial charge in [-0.1, -0.05) is 0 Å². The zero-order chi connectivity index (χ0) is 16.1. The van der Waals surface area contributed by atoms with Gasteiger partial charge in [0, 0.05) is 6.04 Å². The van der Waals surface area contributed by atoms with E-state index < -0.39 is 11.8 Å². The molecular formula is C15H17BrFNO4. The first-order valence-corrected chi connectivity index (χ1v) is 7.78. The molecule has 1 saturated carbocycles. The minimum absolute atomic E-state index is 0.109. The summed E-state index contributed by atoms with van der Waals surface area (Å²) in [6, 6.07) is 3.96. The molecule has 22 heavy (non-hydrogen) atoms. The van der Waals surface area contributed by atoms with Gasteiger partial charge >= 0.3 is 5.97 Å². The second kappa shape index (κ2) is 7.58. The lowest BCUT2D eigenvalue weighted by Gasteiger charge is -2.13. The van der Waals surface area contributed by atoms with E-state index in [0.29, 0.717) is 16.1 Å². The van der Waals surface area contributed by atoms with Crippen LogP contribution in [0, 0.1) is 11.7 Å². The molecule has 1 aliphatic rings. The van der Waals surface area contributed by atoms with E-state index in [1.54, 1.807) is 0 Å². The molecular weight excluding hydrogens is 357 g/mol. The maximum absolute atomic E-state index is 12.9. The van der Waals surface area contributed by atoms with Crippen molar-refractivity contribution in [2.24, 2.45) is 5.92 Å². The number of carbonyl (C=O) groups excluding carboxylic acids is 2. The largest absolute Gasteiger partial charge is 0.481 e. The highest BCUT2D eigenvalue weighted by molar-refractivity contribution is 9.10. The van der Waals surface area contributed by atoms with E-state index in [0.717, 1.165) is 12.8 Å². The van der Waals surface area contributed by atoms with E-state index >= 15 is 0 Å². The molecule has 0 radical (unpaired) electrons. The molecule has 1 atom stereocenters. The molecule has 0 heterocycles. The molecule has 2 rings (SSSR count). The summed E-state index contributed by atoms with van der Waals surface area (Å²) >= 11 is 3.12. The van der Waals surface area contributed by atoms with Crippen LogP contribution >= 0.6 is 15.9 Å². The van der Waals surface area contributed by atoms with E-state index in [4.69, 9.17) is 9.47 Å². The van der Waals surface area contributed by atoms with Crippen LogP contribution in [0.25, 0.3) is 0 Å². The van der Waals surface area contributed by atoms with Crippen molar-refractivity contribution < 1.29 is 23.5 Å². The van der Waals surface area contributed by atoms with Crippen LogP contribution in [0.1, 0.15) is 19.8 Å². The van der Waals surface area contributed by atoms with Crippen molar-refractivity contribution in [2.75, 3.05) is 13.2 Å². The van der Waals surface area contributed by atoms with Gasteiger partial charge in [0.15, 0.2) is 13.2 Å². The topological polar surface area (TPSA) is 64.6 Å². The summed E-state index contributed by atoms with van der Waals surface area (Å²) in [7, 11) is 0. The summed E-state index contributed by atoms with van der Waals surface area (Å²) in [4.78, 5) is 23.1. The van der Waals surface area contributed by atoms with Crippen LogP contribution in [0.5, 0.6) is 5.75 Å².